The summed E-state index contributed by atoms with van der Waals surface area (Å²) in [6.07, 6.45) is 5.29. The molecule has 1 aliphatic rings. The van der Waals surface area contributed by atoms with E-state index in [0.717, 1.165) is 11.1 Å². The molecule has 1 aliphatic heterocycles. The van der Waals surface area contributed by atoms with Gasteiger partial charge in [-0.15, -0.1) is 0 Å². The molecular formula is C14H16ClN3O. The minimum Gasteiger partial charge on any atom is -0.486 e. The third kappa shape index (κ3) is 2.63. The second-order valence-electron chi connectivity index (χ2n) is 4.40. The van der Waals surface area contributed by atoms with Crippen LogP contribution in [-0.2, 0) is 0 Å². The molecule has 4 nitrogen and oxygen atoms in total. The predicted molar refractivity (Wildman–Crippen MR) is 77.8 cm³/mol. The monoisotopic (exact) mass is 277 g/mol. The Balaban J connectivity index is 2.40. The molecule has 2 rings (SSSR count). The van der Waals surface area contributed by atoms with E-state index in [4.69, 9.17) is 16.3 Å². The fourth-order valence-electron chi connectivity index (χ4n) is 2.09. The number of fused-ring (bicyclic) bond motifs is 1. The van der Waals surface area contributed by atoms with Crippen LogP contribution in [0.1, 0.15) is 6.92 Å². The SMILES string of the molecule is C=C/C=C(\C(=C)C)C1COc2cnc(Cl)nc2N1C. The van der Waals surface area contributed by atoms with Crippen molar-refractivity contribution >= 4 is 17.4 Å². The summed E-state index contributed by atoms with van der Waals surface area (Å²) >= 11 is 5.84. The molecule has 0 radical (unpaired) electrons. The zero-order chi connectivity index (χ0) is 14.0. The van der Waals surface area contributed by atoms with Gasteiger partial charge in [-0.1, -0.05) is 30.9 Å². The van der Waals surface area contributed by atoms with Crippen LogP contribution in [0.4, 0.5) is 5.82 Å². The number of aromatic nitrogens is 2. The molecule has 0 amide bonds. The molecule has 0 spiro atoms. The van der Waals surface area contributed by atoms with Gasteiger partial charge in [-0.2, -0.15) is 4.98 Å². The van der Waals surface area contributed by atoms with Crippen molar-refractivity contribution in [2.45, 2.75) is 13.0 Å². The highest BCUT2D eigenvalue weighted by Crippen LogP contribution is 2.34. The normalized spacial score (nSPS) is 18.6. The summed E-state index contributed by atoms with van der Waals surface area (Å²) in [5.74, 6) is 1.33. The van der Waals surface area contributed by atoms with E-state index in [1.165, 1.54) is 0 Å². The van der Waals surface area contributed by atoms with Crippen LogP contribution < -0.4 is 9.64 Å². The molecule has 0 aliphatic carbocycles. The minimum atomic E-state index is 0.0361. The molecule has 19 heavy (non-hydrogen) atoms. The maximum Gasteiger partial charge on any atom is 0.224 e. The molecule has 100 valence electrons. The second kappa shape index (κ2) is 5.45. The molecule has 0 fully saturated rings. The molecule has 5 heteroatoms. The highest BCUT2D eigenvalue weighted by molar-refractivity contribution is 6.28. The van der Waals surface area contributed by atoms with Gasteiger partial charge in [-0.25, -0.2) is 4.98 Å². The van der Waals surface area contributed by atoms with Gasteiger partial charge in [-0.05, 0) is 24.1 Å². The van der Waals surface area contributed by atoms with Gasteiger partial charge in [0.15, 0.2) is 11.6 Å². The summed E-state index contributed by atoms with van der Waals surface area (Å²) < 4.78 is 5.70. The largest absolute Gasteiger partial charge is 0.486 e. The average Bonchev–Trinajstić information content (AvgIpc) is 2.37. The van der Waals surface area contributed by atoms with Crippen LogP contribution in [-0.4, -0.2) is 29.7 Å². The van der Waals surface area contributed by atoms with Crippen molar-refractivity contribution in [2.75, 3.05) is 18.6 Å². The summed E-state index contributed by atoms with van der Waals surface area (Å²) in [6, 6.07) is 0.0361. The maximum absolute atomic E-state index is 5.84. The van der Waals surface area contributed by atoms with Crippen molar-refractivity contribution in [1.82, 2.24) is 9.97 Å². The van der Waals surface area contributed by atoms with Crippen molar-refractivity contribution in [1.29, 1.82) is 0 Å². The highest BCUT2D eigenvalue weighted by atomic mass is 35.5. The van der Waals surface area contributed by atoms with E-state index in [1.54, 1.807) is 12.3 Å². The summed E-state index contributed by atoms with van der Waals surface area (Å²) in [7, 11) is 1.95. The van der Waals surface area contributed by atoms with Crippen LogP contribution in [0, 0.1) is 0 Å². The first-order valence-corrected chi connectivity index (χ1v) is 6.29. The van der Waals surface area contributed by atoms with Crippen molar-refractivity contribution in [3.05, 3.63) is 47.9 Å². The Bertz CT molecular complexity index is 554. The van der Waals surface area contributed by atoms with Crippen LogP contribution in [0.5, 0.6) is 5.75 Å². The number of likely N-dealkylation sites (N-methyl/N-ethyl adjacent to an activating group) is 1. The fourth-order valence-corrected chi connectivity index (χ4v) is 2.22. The number of halogens is 1. The zero-order valence-corrected chi connectivity index (χ0v) is 11.8. The van der Waals surface area contributed by atoms with Crippen molar-refractivity contribution in [3.63, 3.8) is 0 Å². The van der Waals surface area contributed by atoms with Gasteiger partial charge in [0.1, 0.15) is 6.61 Å². The van der Waals surface area contributed by atoms with Gasteiger partial charge in [-0.3, -0.25) is 0 Å². The van der Waals surface area contributed by atoms with Crippen LogP contribution in [0.15, 0.2) is 42.7 Å². The molecule has 1 aromatic heterocycles. The van der Waals surface area contributed by atoms with E-state index in [9.17, 15) is 0 Å². The van der Waals surface area contributed by atoms with E-state index in [1.807, 2.05) is 24.9 Å². The summed E-state index contributed by atoms with van der Waals surface area (Å²) in [6.45, 7) is 10.2. The van der Waals surface area contributed by atoms with Gasteiger partial charge in [0, 0.05) is 7.05 Å². The van der Waals surface area contributed by atoms with Gasteiger partial charge < -0.3 is 9.64 Å². The van der Waals surface area contributed by atoms with E-state index in [2.05, 4.69) is 23.1 Å². The van der Waals surface area contributed by atoms with Crippen LogP contribution in [0.3, 0.4) is 0 Å². The number of allylic oxidation sites excluding steroid dienone is 2. The van der Waals surface area contributed by atoms with E-state index in [-0.39, 0.29) is 11.3 Å². The molecule has 0 aromatic carbocycles. The first-order chi connectivity index (χ1) is 9.04. The number of hydrogen-bond donors (Lipinski definition) is 0. The quantitative estimate of drug-likeness (QED) is 0.629. The summed E-state index contributed by atoms with van der Waals surface area (Å²) in [5.41, 5.74) is 2.04. The van der Waals surface area contributed by atoms with E-state index in [0.29, 0.717) is 18.2 Å². The molecule has 1 unspecified atom stereocenters. The first kappa shape index (κ1) is 13.6. The summed E-state index contributed by atoms with van der Waals surface area (Å²) in [4.78, 5) is 10.2. The Morgan fingerprint density at radius 2 is 2.37 bits per heavy atom. The van der Waals surface area contributed by atoms with Crippen LogP contribution in [0.25, 0.3) is 0 Å². The zero-order valence-electron chi connectivity index (χ0n) is 11.1. The summed E-state index contributed by atoms with van der Waals surface area (Å²) in [5, 5.41) is 0.208. The lowest BCUT2D eigenvalue weighted by Crippen LogP contribution is -2.42. The molecule has 1 atom stereocenters. The number of hydrogen-bond acceptors (Lipinski definition) is 4. The predicted octanol–water partition coefficient (Wildman–Crippen LogP) is 3.02. The molecule has 2 heterocycles. The van der Waals surface area contributed by atoms with Crippen molar-refractivity contribution in [3.8, 4) is 5.75 Å². The third-order valence-corrected chi connectivity index (χ3v) is 3.24. The van der Waals surface area contributed by atoms with Crippen LogP contribution in [0.2, 0.25) is 5.28 Å². The third-order valence-electron chi connectivity index (χ3n) is 3.05. The Labute approximate surface area is 118 Å². The maximum atomic E-state index is 5.84. The Morgan fingerprint density at radius 3 is 3.00 bits per heavy atom. The van der Waals surface area contributed by atoms with Crippen LogP contribution >= 0.6 is 11.6 Å². The van der Waals surface area contributed by atoms with E-state index < -0.39 is 0 Å². The number of rotatable bonds is 3. The molecule has 0 saturated heterocycles. The lowest BCUT2D eigenvalue weighted by molar-refractivity contribution is 0.278. The van der Waals surface area contributed by atoms with Gasteiger partial charge in [0.25, 0.3) is 0 Å². The molecular weight excluding hydrogens is 262 g/mol. The topological polar surface area (TPSA) is 38.3 Å². The van der Waals surface area contributed by atoms with Gasteiger partial charge in [0.05, 0.1) is 12.2 Å². The molecule has 0 N–H and O–H groups in total. The van der Waals surface area contributed by atoms with Crippen molar-refractivity contribution < 1.29 is 4.74 Å². The number of nitrogens with zero attached hydrogens (tertiary/aromatic N) is 3. The van der Waals surface area contributed by atoms with E-state index >= 15 is 0 Å². The lowest BCUT2D eigenvalue weighted by atomic mass is 9.99. The molecule has 1 aromatic rings. The number of ether oxygens (including phenoxy) is 1. The second-order valence-corrected chi connectivity index (χ2v) is 4.74. The highest BCUT2D eigenvalue weighted by Gasteiger charge is 2.29. The first-order valence-electron chi connectivity index (χ1n) is 5.91. The minimum absolute atomic E-state index is 0.0361. The standard InChI is InChI=1S/C14H16ClN3O/c1-5-6-10(9(2)3)11-8-19-12-7-16-14(15)17-13(12)18(11)4/h5-7,11H,1-2,8H2,3-4H3/b10-6+. The number of anilines is 1. The molecule has 0 bridgehead atoms. The smallest absolute Gasteiger partial charge is 0.224 e. The fraction of sp³-hybridized carbons (Fsp3) is 0.286. The lowest BCUT2D eigenvalue weighted by Gasteiger charge is -2.36. The Kier molecular flexibility index (Phi) is 3.90. The Morgan fingerprint density at radius 1 is 1.63 bits per heavy atom. The average molecular weight is 278 g/mol. The Hall–Kier alpha value is -1.81. The van der Waals surface area contributed by atoms with Gasteiger partial charge in [0.2, 0.25) is 5.28 Å². The molecule has 0 saturated carbocycles. The van der Waals surface area contributed by atoms with Crippen molar-refractivity contribution in [2.24, 2.45) is 0 Å². The van der Waals surface area contributed by atoms with Gasteiger partial charge >= 0.3 is 0 Å².